The molecule has 2 saturated carbocycles. The van der Waals surface area contributed by atoms with E-state index in [4.69, 9.17) is 4.74 Å². The lowest BCUT2D eigenvalue weighted by molar-refractivity contribution is -0.634. The lowest BCUT2D eigenvalue weighted by Gasteiger charge is -2.37. The largest absolute Gasteiger partial charge is 1.00 e. The molecule has 3 aromatic rings. The highest BCUT2D eigenvalue weighted by Crippen LogP contribution is 2.45. The van der Waals surface area contributed by atoms with Gasteiger partial charge in [-0.3, -0.25) is 0 Å². The average Bonchev–Trinajstić information content (AvgIpc) is 3.78. The minimum atomic E-state index is -0.304. The van der Waals surface area contributed by atoms with Gasteiger partial charge in [0.2, 0.25) is 6.04 Å². The van der Waals surface area contributed by atoms with Crippen molar-refractivity contribution >= 4 is 22.7 Å². The number of carbonyl (C=O) groups is 1. The zero-order valence-electron chi connectivity index (χ0n) is 27.4. The van der Waals surface area contributed by atoms with Crippen LogP contribution in [0.25, 0.3) is 22.4 Å². The highest BCUT2D eigenvalue weighted by atomic mass is 127. The van der Waals surface area contributed by atoms with Gasteiger partial charge in [0.05, 0.1) is 12.6 Å². The molecule has 5 rings (SSSR count). The highest BCUT2D eigenvalue weighted by Gasteiger charge is 2.47. The van der Waals surface area contributed by atoms with Crippen molar-refractivity contribution in [3.05, 3.63) is 48.5 Å². The normalized spacial score (nSPS) is 21.0. The van der Waals surface area contributed by atoms with Gasteiger partial charge in [-0.25, -0.2) is 13.9 Å². The van der Waals surface area contributed by atoms with Crippen LogP contribution >= 0.6 is 0 Å². The van der Waals surface area contributed by atoms with Crippen molar-refractivity contribution in [1.29, 1.82) is 0 Å². The van der Waals surface area contributed by atoms with Gasteiger partial charge in [0.15, 0.2) is 11.0 Å². The molecule has 1 heterocycles. The predicted octanol–water partition coefficient (Wildman–Crippen LogP) is 5.50. The van der Waals surface area contributed by atoms with E-state index in [1.165, 1.54) is 37.8 Å². The van der Waals surface area contributed by atoms with Crippen LogP contribution in [0.15, 0.2) is 48.5 Å². The van der Waals surface area contributed by atoms with E-state index >= 15 is 0 Å². The Morgan fingerprint density at radius 1 is 0.977 bits per heavy atom. The monoisotopic (exact) mass is 699 g/mol. The molecule has 6 heteroatoms. The van der Waals surface area contributed by atoms with Crippen molar-refractivity contribution in [2.45, 2.75) is 105 Å². The molecule has 2 aromatic carbocycles. The van der Waals surface area contributed by atoms with Gasteiger partial charge in [0.25, 0.3) is 5.82 Å². The predicted molar refractivity (Wildman–Crippen MR) is 174 cm³/mol. The van der Waals surface area contributed by atoms with Crippen molar-refractivity contribution in [3.8, 4) is 11.4 Å². The molecule has 4 atom stereocenters. The molecule has 2 aliphatic rings. The van der Waals surface area contributed by atoms with E-state index in [1.54, 1.807) is 0 Å². The van der Waals surface area contributed by atoms with Gasteiger partial charge in [-0.2, -0.15) is 0 Å². The quantitative estimate of drug-likeness (QED) is 0.135. The molecule has 0 bridgehead atoms. The van der Waals surface area contributed by atoms with Gasteiger partial charge in [-0.15, -0.1) is 0 Å². The van der Waals surface area contributed by atoms with E-state index in [9.17, 15) is 4.79 Å². The molecule has 1 aromatic heterocycles. The van der Waals surface area contributed by atoms with Crippen LogP contribution in [0.5, 0.6) is 0 Å². The number of rotatable bonds is 13. The first kappa shape index (κ1) is 33.8. The fraction of sp³-hybridized carbons (Fsp3) is 0.622. The number of benzene rings is 2. The number of ether oxygens (including phenoxy) is 1. The molecule has 5 nitrogen and oxygen atoms in total. The summed E-state index contributed by atoms with van der Waals surface area (Å²) in [5, 5.41) is 0. The Bertz CT molecular complexity index is 1320. The maximum atomic E-state index is 14.3. The topological polar surface area (TPSA) is 38.4 Å². The number of hydrogen-bond donors (Lipinski definition) is 0. The maximum absolute atomic E-state index is 14.3. The van der Waals surface area contributed by atoms with Crippen LogP contribution in [0.1, 0.15) is 98.4 Å². The Balaban J connectivity index is 0.00000423. The van der Waals surface area contributed by atoms with Crippen LogP contribution in [0, 0.1) is 23.7 Å². The number of halogens is 1. The van der Waals surface area contributed by atoms with Crippen LogP contribution in [0.4, 0.5) is 5.69 Å². The fourth-order valence-corrected chi connectivity index (χ4v) is 7.23. The van der Waals surface area contributed by atoms with Crippen LogP contribution < -0.4 is 33.4 Å². The van der Waals surface area contributed by atoms with Crippen LogP contribution in [0.2, 0.25) is 0 Å². The standard InChI is InChI=1S/C37H54N3O2.HI/c1-7-9-23-39(24-10-8-2)30-20-18-29(19-21-30)36-38(6)32-13-11-12-14-33(32)40(36)35(28-16-17-28)37(41)42-34-25-27(5)15-22-31(34)26(3)4;/h11-14,18-21,26-28,31,34-35H,7-10,15-17,22-25H2,1-6H3;1H/q+1;/p-1/t27-,31+,34?,35-;/m1./s1. The van der Waals surface area contributed by atoms with E-state index in [0.29, 0.717) is 23.7 Å². The lowest BCUT2D eigenvalue weighted by atomic mass is 9.75. The van der Waals surface area contributed by atoms with Crippen molar-refractivity contribution < 1.29 is 38.1 Å². The second-order valence-corrected chi connectivity index (χ2v) is 13.6. The van der Waals surface area contributed by atoms with Crippen LogP contribution in [-0.2, 0) is 16.6 Å². The number of unbranched alkanes of at least 4 members (excludes halogenated alkanes) is 2. The summed E-state index contributed by atoms with van der Waals surface area (Å²) in [5.41, 5.74) is 4.69. The van der Waals surface area contributed by atoms with Gasteiger partial charge in [0, 0.05) is 24.7 Å². The van der Waals surface area contributed by atoms with E-state index in [2.05, 4.69) is 104 Å². The van der Waals surface area contributed by atoms with E-state index in [1.807, 2.05) is 0 Å². The average molecular weight is 700 g/mol. The number of anilines is 1. The summed E-state index contributed by atoms with van der Waals surface area (Å²) in [4.78, 5) is 16.8. The summed E-state index contributed by atoms with van der Waals surface area (Å²) in [5.74, 6) is 2.93. The maximum Gasteiger partial charge on any atom is 0.352 e. The minimum Gasteiger partial charge on any atom is -1.00 e. The number of carbonyl (C=O) groups excluding carboxylic acids is 1. The molecule has 43 heavy (non-hydrogen) atoms. The Labute approximate surface area is 277 Å². The number of hydrogen-bond acceptors (Lipinski definition) is 3. The van der Waals surface area contributed by atoms with Crippen molar-refractivity contribution in [2.75, 3.05) is 18.0 Å². The molecule has 0 saturated heterocycles. The minimum absolute atomic E-state index is 0. The molecule has 0 spiro atoms. The Hall–Kier alpha value is -2.09. The number of nitrogens with zero attached hydrogens (tertiary/aromatic N) is 3. The van der Waals surface area contributed by atoms with Crippen LogP contribution in [-0.4, -0.2) is 29.7 Å². The Kier molecular flexibility index (Phi) is 12.0. The van der Waals surface area contributed by atoms with Gasteiger partial charge in [0.1, 0.15) is 6.10 Å². The van der Waals surface area contributed by atoms with Gasteiger partial charge >= 0.3 is 5.97 Å². The molecule has 2 fully saturated rings. The molecule has 0 aliphatic heterocycles. The third-order valence-electron chi connectivity index (χ3n) is 9.92. The van der Waals surface area contributed by atoms with Gasteiger partial charge in [-0.05, 0) is 92.7 Å². The summed E-state index contributed by atoms with van der Waals surface area (Å²) in [6.07, 6.45) is 10.3. The summed E-state index contributed by atoms with van der Waals surface area (Å²) < 4.78 is 11.2. The molecule has 236 valence electrons. The second kappa shape index (κ2) is 15.3. The number of aryl methyl sites for hydroxylation is 1. The highest BCUT2D eigenvalue weighted by molar-refractivity contribution is 5.83. The third kappa shape index (κ3) is 7.59. The first-order valence-electron chi connectivity index (χ1n) is 16.9. The number of imidazole rings is 1. The number of para-hydroxylation sites is 2. The summed E-state index contributed by atoms with van der Waals surface area (Å²) in [6, 6.07) is 17.3. The summed E-state index contributed by atoms with van der Waals surface area (Å²) in [7, 11) is 2.14. The zero-order valence-corrected chi connectivity index (χ0v) is 29.6. The van der Waals surface area contributed by atoms with Gasteiger partial charge in [-0.1, -0.05) is 66.0 Å². The zero-order chi connectivity index (χ0) is 29.8. The van der Waals surface area contributed by atoms with E-state index in [-0.39, 0.29) is 42.1 Å². The van der Waals surface area contributed by atoms with Crippen molar-refractivity contribution in [3.63, 3.8) is 0 Å². The molecule has 0 amide bonds. The molecular formula is C37H54IN3O2. The van der Waals surface area contributed by atoms with Crippen molar-refractivity contribution in [1.82, 2.24) is 4.57 Å². The molecule has 0 radical (unpaired) electrons. The molecule has 1 unspecified atom stereocenters. The van der Waals surface area contributed by atoms with E-state index < -0.39 is 0 Å². The molecule has 2 aliphatic carbocycles. The first-order valence-corrected chi connectivity index (χ1v) is 16.9. The Morgan fingerprint density at radius 3 is 2.23 bits per heavy atom. The SMILES string of the molecule is CCCCN(CCCC)c1ccc(-c2n([C@@H](C(=O)OC3C[C@H](C)CC[C@H]3C(C)C)C3CC3)c3ccccc3[n+]2C)cc1.[I-]. The van der Waals surface area contributed by atoms with Gasteiger partial charge < -0.3 is 33.6 Å². The third-order valence-corrected chi connectivity index (χ3v) is 9.92. The number of aromatic nitrogens is 2. The second-order valence-electron chi connectivity index (χ2n) is 13.6. The lowest BCUT2D eigenvalue weighted by Crippen LogP contribution is -3.00. The van der Waals surface area contributed by atoms with Crippen molar-refractivity contribution in [2.24, 2.45) is 30.7 Å². The molecular weight excluding hydrogens is 645 g/mol. The first-order chi connectivity index (χ1) is 20.3. The summed E-state index contributed by atoms with van der Waals surface area (Å²) >= 11 is 0. The fourth-order valence-electron chi connectivity index (χ4n) is 7.23. The van der Waals surface area contributed by atoms with Crippen LogP contribution in [0.3, 0.4) is 0 Å². The summed E-state index contributed by atoms with van der Waals surface area (Å²) in [6.45, 7) is 13.6. The smallest absolute Gasteiger partial charge is 0.352 e. The van der Waals surface area contributed by atoms with E-state index in [0.717, 1.165) is 61.2 Å². The number of esters is 1. The Morgan fingerprint density at radius 2 is 1.63 bits per heavy atom. The number of fused-ring (bicyclic) bond motifs is 1. The molecule has 0 N–H and O–H groups in total.